The minimum atomic E-state index is -0.404. The lowest BCUT2D eigenvalue weighted by atomic mass is 10.1. The van der Waals surface area contributed by atoms with Gasteiger partial charge in [0.25, 0.3) is 11.1 Å². The number of thiazole rings is 1. The predicted octanol–water partition coefficient (Wildman–Crippen LogP) is 2.70. The number of aromatic nitrogens is 2. The minimum Gasteiger partial charge on any atom is -0.267 e. The molecule has 0 fully saturated rings. The molecule has 4 rings (SSSR count). The molecule has 2 aromatic heterocycles. The second kappa shape index (κ2) is 6.89. The number of hydrogen-bond acceptors (Lipinski definition) is 4. The maximum absolute atomic E-state index is 13.9. The Labute approximate surface area is 157 Å². The Hall–Kier alpha value is -3.12. The second-order valence-corrected chi connectivity index (χ2v) is 7.21. The molecule has 4 nitrogen and oxygen atoms in total. The summed E-state index contributed by atoms with van der Waals surface area (Å²) in [5, 5.41) is 0. The zero-order valence-electron chi connectivity index (χ0n) is 14.5. The second-order valence-electron chi connectivity index (χ2n) is 6.20. The van der Waals surface area contributed by atoms with Gasteiger partial charge in [-0.05, 0) is 24.6 Å². The molecule has 0 spiro atoms. The quantitative estimate of drug-likeness (QED) is 0.551. The molecular weight excluding hydrogens is 363 g/mol. The van der Waals surface area contributed by atoms with Crippen LogP contribution in [0.5, 0.6) is 0 Å². The van der Waals surface area contributed by atoms with Gasteiger partial charge in [-0.15, -0.1) is 0 Å². The van der Waals surface area contributed by atoms with Crippen LogP contribution < -0.4 is 15.7 Å². The van der Waals surface area contributed by atoms with E-state index in [-0.39, 0.29) is 11.1 Å². The van der Waals surface area contributed by atoms with Crippen molar-refractivity contribution in [1.29, 1.82) is 0 Å². The van der Waals surface area contributed by atoms with Crippen molar-refractivity contribution >= 4 is 22.4 Å². The standard InChI is InChI=1S/C21H15FN2O2S/c1-13-16(11-14-7-3-2-4-8-14)19(25)23-21-24(13)20(26)18(27-21)12-15-9-5-6-10-17(15)22/h2-10,12H,11H2,1H3/b18-12-. The highest BCUT2D eigenvalue weighted by Crippen LogP contribution is 2.12. The topological polar surface area (TPSA) is 51.4 Å². The smallest absolute Gasteiger partial charge is 0.267 e. The van der Waals surface area contributed by atoms with Crippen molar-refractivity contribution in [3.05, 3.63) is 108 Å². The monoisotopic (exact) mass is 378 g/mol. The summed E-state index contributed by atoms with van der Waals surface area (Å²) in [5.74, 6) is -0.404. The minimum absolute atomic E-state index is 0.294. The maximum atomic E-state index is 13.9. The molecule has 0 unspecified atom stereocenters. The van der Waals surface area contributed by atoms with E-state index in [0.29, 0.717) is 32.7 Å². The van der Waals surface area contributed by atoms with Crippen molar-refractivity contribution in [3.63, 3.8) is 0 Å². The van der Waals surface area contributed by atoms with Crippen molar-refractivity contribution < 1.29 is 4.39 Å². The summed E-state index contributed by atoms with van der Waals surface area (Å²) in [6.07, 6.45) is 1.90. The first-order chi connectivity index (χ1) is 13.0. The zero-order valence-corrected chi connectivity index (χ0v) is 15.3. The lowest BCUT2D eigenvalue weighted by Crippen LogP contribution is -2.27. The summed E-state index contributed by atoms with van der Waals surface area (Å²) >= 11 is 1.09. The average Bonchev–Trinajstić information content (AvgIpc) is 2.97. The molecule has 4 aromatic rings. The lowest BCUT2D eigenvalue weighted by molar-refractivity contribution is 0.625. The Morgan fingerprint density at radius 2 is 1.78 bits per heavy atom. The number of fused-ring (bicyclic) bond motifs is 1. The predicted molar refractivity (Wildman–Crippen MR) is 105 cm³/mol. The van der Waals surface area contributed by atoms with Crippen molar-refractivity contribution in [2.75, 3.05) is 0 Å². The molecule has 2 heterocycles. The molecule has 0 bridgehead atoms. The largest absolute Gasteiger partial charge is 0.277 e. The summed E-state index contributed by atoms with van der Waals surface area (Å²) < 4.78 is 15.7. The third kappa shape index (κ3) is 3.19. The summed E-state index contributed by atoms with van der Waals surface area (Å²) in [7, 11) is 0. The van der Waals surface area contributed by atoms with Crippen LogP contribution in [0.4, 0.5) is 4.39 Å². The zero-order chi connectivity index (χ0) is 19.0. The first kappa shape index (κ1) is 17.3. The average molecular weight is 378 g/mol. The molecule has 6 heteroatoms. The van der Waals surface area contributed by atoms with Crippen molar-refractivity contribution in [1.82, 2.24) is 9.38 Å². The number of aryl methyl sites for hydroxylation is 1. The Morgan fingerprint density at radius 3 is 2.52 bits per heavy atom. The van der Waals surface area contributed by atoms with Gasteiger partial charge in [0.05, 0.1) is 4.53 Å². The third-order valence-electron chi connectivity index (χ3n) is 4.45. The van der Waals surface area contributed by atoms with Gasteiger partial charge in [0.2, 0.25) is 4.96 Å². The molecular formula is C21H15FN2O2S. The van der Waals surface area contributed by atoms with Crippen LogP contribution >= 0.6 is 11.3 Å². The molecule has 0 aliphatic heterocycles. The van der Waals surface area contributed by atoms with Crippen molar-refractivity contribution in [2.45, 2.75) is 13.3 Å². The van der Waals surface area contributed by atoms with Crippen LogP contribution in [0.1, 0.15) is 22.4 Å². The van der Waals surface area contributed by atoms with E-state index in [0.717, 1.165) is 16.9 Å². The highest BCUT2D eigenvalue weighted by Gasteiger charge is 2.15. The number of nitrogens with zero attached hydrogens (tertiary/aromatic N) is 2. The van der Waals surface area contributed by atoms with Gasteiger partial charge in [0.15, 0.2) is 0 Å². The Bertz CT molecular complexity index is 1310. The fourth-order valence-electron chi connectivity index (χ4n) is 3.03. The lowest BCUT2D eigenvalue weighted by Gasteiger charge is -2.06. The molecule has 27 heavy (non-hydrogen) atoms. The molecule has 0 saturated carbocycles. The summed E-state index contributed by atoms with van der Waals surface area (Å²) in [6, 6.07) is 15.8. The fraction of sp³-hybridized carbons (Fsp3) is 0.0952. The molecule has 2 aromatic carbocycles. The summed E-state index contributed by atoms with van der Waals surface area (Å²) in [5.41, 5.74) is 1.73. The fourth-order valence-corrected chi connectivity index (χ4v) is 4.03. The SMILES string of the molecule is Cc1c(Cc2ccccc2)c(=O)nc2s/c(=C\c3ccccc3F)c(=O)n12. The van der Waals surface area contributed by atoms with E-state index in [1.54, 1.807) is 25.1 Å². The number of halogens is 1. The number of benzene rings is 2. The molecule has 134 valence electrons. The van der Waals surface area contributed by atoms with Crippen LogP contribution in [-0.2, 0) is 6.42 Å². The van der Waals surface area contributed by atoms with E-state index < -0.39 is 5.82 Å². The van der Waals surface area contributed by atoms with Gasteiger partial charge >= 0.3 is 0 Å². The van der Waals surface area contributed by atoms with Crippen LogP contribution in [0, 0.1) is 12.7 Å². The van der Waals surface area contributed by atoms with E-state index in [9.17, 15) is 14.0 Å². The number of rotatable bonds is 3. The highest BCUT2D eigenvalue weighted by atomic mass is 32.1. The van der Waals surface area contributed by atoms with Gasteiger partial charge in [0, 0.05) is 23.2 Å². The van der Waals surface area contributed by atoms with Crippen LogP contribution in [0.3, 0.4) is 0 Å². The Kier molecular flexibility index (Phi) is 4.41. The van der Waals surface area contributed by atoms with Gasteiger partial charge in [-0.3, -0.25) is 14.0 Å². The number of hydrogen-bond donors (Lipinski definition) is 0. The van der Waals surface area contributed by atoms with E-state index in [1.165, 1.54) is 16.5 Å². The molecule has 0 atom stereocenters. The third-order valence-corrected chi connectivity index (χ3v) is 5.42. The normalized spacial score (nSPS) is 12.0. The molecule has 0 amide bonds. The van der Waals surface area contributed by atoms with E-state index in [4.69, 9.17) is 0 Å². The maximum Gasteiger partial charge on any atom is 0.277 e. The summed E-state index contributed by atoms with van der Waals surface area (Å²) in [6.45, 7) is 1.75. The van der Waals surface area contributed by atoms with Crippen molar-refractivity contribution in [2.24, 2.45) is 0 Å². The van der Waals surface area contributed by atoms with Gasteiger partial charge < -0.3 is 0 Å². The van der Waals surface area contributed by atoms with Gasteiger partial charge in [-0.1, -0.05) is 59.9 Å². The van der Waals surface area contributed by atoms with E-state index in [1.807, 2.05) is 30.3 Å². The van der Waals surface area contributed by atoms with Crippen LogP contribution in [0.15, 0.2) is 64.2 Å². The molecule has 0 aliphatic rings. The van der Waals surface area contributed by atoms with Gasteiger partial charge in [-0.25, -0.2) is 4.39 Å². The van der Waals surface area contributed by atoms with Crippen LogP contribution in [-0.4, -0.2) is 9.38 Å². The van der Waals surface area contributed by atoms with E-state index in [2.05, 4.69) is 4.98 Å². The molecule has 0 radical (unpaired) electrons. The summed E-state index contributed by atoms with van der Waals surface area (Å²) in [4.78, 5) is 29.8. The molecule has 0 saturated heterocycles. The highest BCUT2D eigenvalue weighted by molar-refractivity contribution is 7.15. The Balaban J connectivity index is 1.91. The van der Waals surface area contributed by atoms with Gasteiger partial charge in [-0.2, -0.15) is 4.98 Å². The van der Waals surface area contributed by atoms with Crippen molar-refractivity contribution in [3.8, 4) is 0 Å². The first-order valence-electron chi connectivity index (χ1n) is 8.40. The first-order valence-corrected chi connectivity index (χ1v) is 9.21. The van der Waals surface area contributed by atoms with Gasteiger partial charge in [0.1, 0.15) is 5.82 Å². The van der Waals surface area contributed by atoms with Crippen LogP contribution in [0.25, 0.3) is 11.0 Å². The molecule has 0 aliphatic carbocycles. The van der Waals surface area contributed by atoms with E-state index >= 15 is 0 Å². The Morgan fingerprint density at radius 1 is 1.07 bits per heavy atom. The van der Waals surface area contributed by atoms with Crippen LogP contribution in [0.2, 0.25) is 0 Å². The molecule has 0 N–H and O–H groups in total.